The van der Waals surface area contributed by atoms with E-state index in [1.807, 2.05) is 18.2 Å². The van der Waals surface area contributed by atoms with Gasteiger partial charge in [-0.25, -0.2) is 0 Å². The fourth-order valence-electron chi connectivity index (χ4n) is 3.15. The highest BCUT2D eigenvalue weighted by Crippen LogP contribution is 2.09. The summed E-state index contributed by atoms with van der Waals surface area (Å²) in [4.78, 5) is 18.3. The van der Waals surface area contributed by atoms with Crippen LogP contribution in [0.15, 0.2) is 35.3 Å². The van der Waals surface area contributed by atoms with Gasteiger partial charge in [0.15, 0.2) is 5.96 Å². The summed E-state index contributed by atoms with van der Waals surface area (Å²) in [5.74, 6) is 0.934. The molecule has 1 fully saturated rings. The molecule has 1 saturated heterocycles. The number of rotatable bonds is 10. The summed E-state index contributed by atoms with van der Waals surface area (Å²) >= 11 is 0. The molecule has 0 radical (unpaired) electrons. The van der Waals surface area contributed by atoms with Gasteiger partial charge in [0, 0.05) is 39.3 Å². The number of likely N-dealkylation sites (tertiary alicyclic amines) is 1. The van der Waals surface area contributed by atoms with Gasteiger partial charge in [-0.1, -0.05) is 37.3 Å². The van der Waals surface area contributed by atoms with Crippen molar-refractivity contribution in [3.8, 4) is 0 Å². The molecule has 1 aliphatic rings. The second kappa shape index (κ2) is 15.4. The number of hydrogen-bond acceptors (Lipinski definition) is 4. The highest BCUT2D eigenvalue weighted by Gasteiger charge is 2.21. The number of nitrogens with one attached hydrogen (secondary N) is 3. The quantitative estimate of drug-likeness (QED) is 0.192. The fraction of sp³-hybridized carbons (Fsp3) is 0.619. The third-order valence-corrected chi connectivity index (χ3v) is 4.74. The average molecular weight is 517 g/mol. The van der Waals surface area contributed by atoms with Crippen LogP contribution in [0, 0.1) is 0 Å². The lowest BCUT2D eigenvalue weighted by atomic mass is 10.1. The van der Waals surface area contributed by atoms with Gasteiger partial charge in [-0.05, 0) is 24.8 Å². The summed E-state index contributed by atoms with van der Waals surface area (Å²) in [5.41, 5.74) is 1.18. The van der Waals surface area contributed by atoms with Crippen LogP contribution >= 0.6 is 24.0 Å². The number of amides is 1. The van der Waals surface area contributed by atoms with Crippen molar-refractivity contribution in [2.45, 2.75) is 38.8 Å². The van der Waals surface area contributed by atoms with Gasteiger partial charge in [-0.15, -0.1) is 24.0 Å². The minimum atomic E-state index is 0. The molecule has 0 bridgehead atoms. The normalized spacial score (nSPS) is 15.4. The van der Waals surface area contributed by atoms with E-state index >= 15 is 0 Å². The number of halogens is 1. The van der Waals surface area contributed by atoms with Crippen molar-refractivity contribution >= 4 is 35.8 Å². The van der Waals surface area contributed by atoms with Crippen LogP contribution < -0.4 is 16.0 Å². The molecule has 0 spiro atoms. The predicted molar refractivity (Wildman–Crippen MR) is 129 cm³/mol. The molecule has 8 heteroatoms. The number of piperidine rings is 1. The first-order valence-corrected chi connectivity index (χ1v) is 10.3. The first-order chi connectivity index (χ1) is 13.7. The Morgan fingerprint density at radius 3 is 2.55 bits per heavy atom. The van der Waals surface area contributed by atoms with Crippen molar-refractivity contribution in [2.24, 2.45) is 4.99 Å². The van der Waals surface area contributed by atoms with Gasteiger partial charge < -0.3 is 20.7 Å². The van der Waals surface area contributed by atoms with E-state index in [2.05, 4.69) is 44.9 Å². The molecule has 29 heavy (non-hydrogen) atoms. The zero-order chi connectivity index (χ0) is 20.0. The van der Waals surface area contributed by atoms with Crippen LogP contribution in [-0.4, -0.2) is 69.2 Å². The van der Waals surface area contributed by atoms with E-state index in [0.29, 0.717) is 32.3 Å². The van der Waals surface area contributed by atoms with E-state index in [-0.39, 0.29) is 29.9 Å². The number of guanidine groups is 1. The molecule has 3 N–H and O–H groups in total. The average Bonchev–Trinajstić information content (AvgIpc) is 2.73. The number of benzene rings is 1. The van der Waals surface area contributed by atoms with E-state index in [9.17, 15) is 4.79 Å². The largest absolute Gasteiger partial charge is 0.375 e. The maximum Gasteiger partial charge on any atom is 0.234 e. The zero-order valence-electron chi connectivity index (χ0n) is 17.7. The summed E-state index contributed by atoms with van der Waals surface area (Å²) in [6.45, 7) is 7.13. The number of carbonyl (C=O) groups is 1. The summed E-state index contributed by atoms with van der Waals surface area (Å²) in [6, 6.07) is 10.6. The number of ether oxygens (including phenoxy) is 1. The smallest absolute Gasteiger partial charge is 0.234 e. The van der Waals surface area contributed by atoms with Crippen LogP contribution in [0.2, 0.25) is 0 Å². The Balaban J connectivity index is 0.00000420. The van der Waals surface area contributed by atoms with Crippen molar-refractivity contribution in [1.29, 1.82) is 0 Å². The van der Waals surface area contributed by atoms with Gasteiger partial charge in [0.1, 0.15) is 0 Å². The monoisotopic (exact) mass is 517 g/mol. The molecule has 1 aromatic rings. The topological polar surface area (TPSA) is 78.0 Å². The van der Waals surface area contributed by atoms with E-state index in [1.54, 1.807) is 7.05 Å². The summed E-state index contributed by atoms with van der Waals surface area (Å²) in [6.07, 6.45) is 2.99. The van der Waals surface area contributed by atoms with E-state index in [1.165, 1.54) is 5.56 Å². The van der Waals surface area contributed by atoms with Crippen molar-refractivity contribution in [2.75, 3.05) is 46.4 Å². The number of nitrogens with zero attached hydrogens (tertiary/aromatic N) is 2. The first-order valence-electron chi connectivity index (χ1n) is 10.3. The van der Waals surface area contributed by atoms with Crippen LogP contribution in [0.5, 0.6) is 0 Å². The van der Waals surface area contributed by atoms with Crippen LogP contribution in [-0.2, 0) is 16.1 Å². The Kier molecular flexibility index (Phi) is 13.7. The van der Waals surface area contributed by atoms with Gasteiger partial charge in [0.05, 0.1) is 19.8 Å². The predicted octanol–water partition coefficient (Wildman–Crippen LogP) is 1.98. The van der Waals surface area contributed by atoms with Crippen molar-refractivity contribution in [1.82, 2.24) is 20.9 Å². The summed E-state index contributed by atoms with van der Waals surface area (Å²) < 4.78 is 5.69. The molecule has 0 atom stereocenters. The maximum atomic E-state index is 11.8. The molecule has 0 unspecified atom stereocenters. The molecule has 0 aromatic heterocycles. The standard InChI is InChI=1S/C21H35N5O2.HI/c1-3-11-23-20(27)16-26-13-9-19(10-14-26)25-21(22-2)24-12-15-28-17-18-7-5-4-6-8-18;/h4-8,19H,3,9-17H2,1-2H3,(H,23,27)(H2,22,24,25);1H. The lowest BCUT2D eigenvalue weighted by Gasteiger charge is -2.32. The molecule has 2 rings (SSSR count). The molecule has 1 heterocycles. The second-order valence-corrected chi connectivity index (χ2v) is 7.08. The first kappa shape index (κ1) is 25.6. The van der Waals surface area contributed by atoms with E-state index in [0.717, 1.165) is 44.9 Å². The van der Waals surface area contributed by atoms with Crippen LogP contribution in [0.4, 0.5) is 0 Å². The minimum absolute atomic E-state index is 0. The highest BCUT2D eigenvalue weighted by atomic mass is 127. The molecule has 0 saturated carbocycles. The number of aliphatic imine (C=N–C) groups is 1. The van der Waals surface area contributed by atoms with Gasteiger partial charge >= 0.3 is 0 Å². The van der Waals surface area contributed by atoms with Crippen molar-refractivity contribution in [3.05, 3.63) is 35.9 Å². The molecular formula is C21H36IN5O2. The Morgan fingerprint density at radius 2 is 1.90 bits per heavy atom. The Hall–Kier alpha value is -1.39. The lowest BCUT2D eigenvalue weighted by molar-refractivity contribution is -0.122. The van der Waals surface area contributed by atoms with Crippen LogP contribution in [0.3, 0.4) is 0 Å². The summed E-state index contributed by atoms with van der Waals surface area (Å²) in [5, 5.41) is 9.72. The molecule has 7 nitrogen and oxygen atoms in total. The summed E-state index contributed by atoms with van der Waals surface area (Å²) in [7, 11) is 1.79. The number of carbonyl (C=O) groups excluding carboxylic acids is 1. The number of hydrogen-bond donors (Lipinski definition) is 3. The third-order valence-electron chi connectivity index (χ3n) is 4.74. The van der Waals surface area contributed by atoms with Crippen LogP contribution in [0.1, 0.15) is 31.7 Å². The second-order valence-electron chi connectivity index (χ2n) is 7.08. The van der Waals surface area contributed by atoms with Gasteiger partial charge in [0.25, 0.3) is 0 Å². The molecule has 1 aromatic carbocycles. The lowest BCUT2D eigenvalue weighted by Crippen LogP contribution is -2.50. The van der Waals surface area contributed by atoms with Gasteiger partial charge in [-0.3, -0.25) is 14.7 Å². The van der Waals surface area contributed by atoms with E-state index in [4.69, 9.17) is 4.74 Å². The van der Waals surface area contributed by atoms with Gasteiger partial charge in [-0.2, -0.15) is 0 Å². The fourth-order valence-corrected chi connectivity index (χ4v) is 3.15. The Morgan fingerprint density at radius 1 is 1.17 bits per heavy atom. The molecule has 164 valence electrons. The minimum Gasteiger partial charge on any atom is -0.375 e. The Labute approximate surface area is 192 Å². The Bertz CT molecular complexity index is 592. The molecular weight excluding hydrogens is 481 g/mol. The van der Waals surface area contributed by atoms with E-state index < -0.39 is 0 Å². The molecule has 1 aliphatic heterocycles. The highest BCUT2D eigenvalue weighted by molar-refractivity contribution is 14.0. The van der Waals surface area contributed by atoms with Crippen molar-refractivity contribution in [3.63, 3.8) is 0 Å². The van der Waals surface area contributed by atoms with Gasteiger partial charge in [0.2, 0.25) is 5.91 Å². The molecule has 1 amide bonds. The maximum absolute atomic E-state index is 11.8. The van der Waals surface area contributed by atoms with Crippen molar-refractivity contribution < 1.29 is 9.53 Å². The van der Waals surface area contributed by atoms with Crippen LogP contribution in [0.25, 0.3) is 0 Å². The zero-order valence-corrected chi connectivity index (χ0v) is 20.0. The third kappa shape index (κ3) is 10.8. The molecule has 0 aliphatic carbocycles. The SMILES string of the molecule is CCCNC(=O)CN1CCC(NC(=NC)NCCOCc2ccccc2)CC1.I.